The average Bonchev–Trinajstić information content (AvgIpc) is 3.19. The number of aliphatic hydroxyl groups is 1. The molecule has 1 heterocycles. The second-order valence-corrected chi connectivity index (χ2v) is 8.42. The van der Waals surface area contributed by atoms with E-state index in [1.807, 2.05) is 49.5 Å². The van der Waals surface area contributed by atoms with Crippen molar-refractivity contribution in [1.82, 2.24) is 4.90 Å². The zero-order valence-corrected chi connectivity index (χ0v) is 17.8. The Morgan fingerprint density at radius 1 is 1.14 bits per heavy atom. The van der Waals surface area contributed by atoms with Gasteiger partial charge in [-0.3, -0.25) is 4.90 Å². The first-order valence-electron chi connectivity index (χ1n) is 10.6. The number of rotatable bonds is 8. The fourth-order valence-corrected chi connectivity index (χ4v) is 3.99. The summed E-state index contributed by atoms with van der Waals surface area (Å²) in [6.45, 7) is 4.97. The Bertz CT molecular complexity index is 779. The minimum atomic E-state index is -1.62. The predicted octanol–water partition coefficient (Wildman–Crippen LogP) is 4.63. The molecule has 158 valence electrons. The van der Waals surface area contributed by atoms with E-state index in [1.54, 1.807) is 0 Å². The van der Waals surface area contributed by atoms with E-state index < -0.39 is 11.6 Å². The standard InChI is InChI=1S/C24H33NO4/c1-18(2)25(3)16-21-14-15-22(29-21)17-28-23(26)24(27,19-10-6-4-7-11-19)20-12-8-5-9-13-20/h4,6-7,10-11,14-15,18,20,27H,5,8-9,12-13,16-17H2,1-3H3. The Hall–Kier alpha value is -2.11. The molecule has 1 atom stereocenters. The van der Waals surface area contributed by atoms with Crippen LogP contribution in [0.2, 0.25) is 0 Å². The zero-order valence-electron chi connectivity index (χ0n) is 17.8. The SMILES string of the molecule is CC(C)N(C)Cc1ccc(COC(=O)C(O)(c2ccccc2)C2CCCCC2)o1. The van der Waals surface area contributed by atoms with Crippen LogP contribution in [0.3, 0.4) is 0 Å². The molecule has 1 aromatic heterocycles. The highest BCUT2D eigenvalue weighted by molar-refractivity contribution is 5.81. The maximum absolute atomic E-state index is 13.1. The van der Waals surface area contributed by atoms with E-state index in [9.17, 15) is 9.90 Å². The van der Waals surface area contributed by atoms with E-state index >= 15 is 0 Å². The highest BCUT2D eigenvalue weighted by atomic mass is 16.6. The van der Waals surface area contributed by atoms with Crippen molar-refractivity contribution in [3.63, 3.8) is 0 Å². The van der Waals surface area contributed by atoms with Crippen LogP contribution in [-0.4, -0.2) is 29.1 Å². The molecule has 0 saturated heterocycles. The molecule has 5 heteroatoms. The van der Waals surface area contributed by atoms with E-state index in [-0.39, 0.29) is 12.5 Å². The van der Waals surface area contributed by atoms with Crippen molar-refractivity contribution in [2.24, 2.45) is 5.92 Å². The number of nitrogens with zero attached hydrogens (tertiary/aromatic N) is 1. The van der Waals surface area contributed by atoms with Crippen molar-refractivity contribution >= 4 is 5.97 Å². The first-order valence-corrected chi connectivity index (χ1v) is 10.6. The first kappa shape index (κ1) is 21.6. The number of hydrogen-bond donors (Lipinski definition) is 1. The quantitative estimate of drug-likeness (QED) is 0.656. The van der Waals surface area contributed by atoms with Gasteiger partial charge in [0, 0.05) is 12.0 Å². The number of esters is 1. The van der Waals surface area contributed by atoms with Gasteiger partial charge in [0.25, 0.3) is 0 Å². The molecule has 29 heavy (non-hydrogen) atoms. The first-order chi connectivity index (χ1) is 13.9. The van der Waals surface area contributed by atoms with Crippen LogP contribution < -0.4 is 0 Å². The molecule has 1 aliphatic carbocycles. The minimum Gasteiger partial charge on any atom is -0.461 e. The highest BCUT2D eigenvalue weighted by Gasteiger charge is 2.47. The lowest BCUT2D eigenvalue weighted by molar-refractivity contribution is -0.177. The summed E-state index contributed by atoms with van der Waals surface area (Å²) in [4.78, 5) is 15.3. The molecule has 0 amide bonds. The molecule has 1 unspecified atom stereocenters. The normalized spacial score (nSPS) is 17.4. The van der Waals surface area contributed by atoms with E-state index in [2.05, 4.69) is 18.7 Å². The van der Waals surface area contributed by atoms with Crippen molar-refractivity contribution in [3.05, 3.63) is 59.5 Å². The largest absolute Gasteiger partial charge is 0.461 e. The third kappa shape index (κ3) is 5.09. The zero-order chi connectivity index (χ0) is 20.9. The smallest absolute Gasteiger partial charge is 0.343 e. The molecule has 2 aromatic rings. The van der Waals surface area contributed by atoms with Gasteiger partial charge in [-0.1, -0.05) is 49.6 Å². The maximum atomic E-state index is 13.1. The monoisotopic (exact) mass is 399 g/mol. The van der Waals surface area contributed by atoms with Crippen molar-refractivity contribution in [3.8, 4) is 0 Å². The van der Waals surface area contributed by atoms with E-state index in [0.717, 1.165) is 37.9 Å². The van der Waals surface area contributed by atoms with Crippen LogP contribution >= 0.6 is 0 Å². The molecule has 0 bridgehead atoms. The Kier molecular flexibility index (Phi) is 7.14. The van der Waals surface area contributed by atoms with Crippen LogP contribution in [0.25, 0.3) is 0 Å². The molecular weight excluding hydrogens is 366 g/mol. The van der Waals surface area contributed by atoms with Crippen LogP contribution in [0.1, 0.15) is 63.0 Å². The van der Waals surface area contributed by atoms with Gasteiger partial charge in [0.1, 0.15) is 18.1 Å². The third-order valence-electron chi connectivity index (χ3n) is 6.07. The average molecular weight is 400 g/mol. The van der Waals surface area contributed by atoms with Gasteiger partial charge in [0.05, 0.1) is 6.54 Å². The van der Waals surface area contributed by atoms with Gasteiger partial charge < -0.3 is 14.3 Å². The summed E-state index contributed by atoms with van der Waals surface area (Å²) < 4.78 is 11.4. The number of hydrogen-bond acceptors (Lipinski definition) is 5. The topological polar surface area (TPSA) is 62.9 Å². The van der Waals surface area contributed by atoms with Crippen molar-refractivity contribution < 1.29 is 19.1 Å². The van der Waals surface area contributed by atoms with Gasteiger partial charge >= 0.3 is 5.97 Å². The van der Waals surface area contributed by atoms with Gasteiger partial charge in [-0.05, 0) is 51.4 Å². The van der Waals surface area contributed by atoms with Crippen LogP contribution in [0.4, 0.5) is 0 Å². The molecule has 0 spiro atoms. The van der Waals surface area contributed by atoms with Crippen molar-refractivity contribution in [2.45, 2.75) is 70.7 Å². The van der Waals surface area contributed by atoms with Gasteiger partial charge in [-0.15, -0.1) is 0 Å². The van der Waals surface area contributed by atoms with Gasteiger partial charge in [-0.2, -0.15) is 0 Å². The lowest BCUT2D eigenvalue weighted by atomic mass is 9.73. The Morgan fingerprint density at radius 3 is 2.45 bits per heavy atom. The van der Waals surface area contributed by atoms with Crippen molar-refractivity contribution in [1.29, 1.82) is 0 Å². The maximum Gasteiger partial charge on any atom is 0.343 e. The predicted molar refractivity (Wildman–Crippen MR) is 112 cm³/mol. The number of benzene rings is 1. The number of carbonyl (C=O) groups excluding carboxylic acids is 1. The van der Waals surface area contributed by atoms with Gasteiger partial charge in [0.15, 0.2) is 5.60 Å². The molecular formula is C24H33NO4. The summed E-state index contributed by atoms with van der Waals surface area (Å²) in [5.74, 6) is 0.702. The summed E-state index contributed by atoms with van der Waals surface area (Å²) in [5, 5.41) is 11.5. The molecule has 3 rings (SSSR count). The third-order valence-corrected chi connectivity index (χ3v) is 6.07. The lowest BCUT2D eigenvalue weighted by Gasteiger charge is -2.36. The van der Waals surface area contributed by atoms with Crippen molar-refractivity contribution in [2.75, 3.05) is 7.05 Å². The molecule has 1 fully saturated rings. The summed E-state index contributed by atoms with van der Waals surface area (Å²) >= 11 is 0. The Balaban J connectivity index is 1.70. The number of furan rings is 1. The number of carbonyl (C=O) groups is 1. The van der Waals surface area contributed by atoms with E-state index in [0.29, 0.717) is 23.9 Å². The highest BCUT2D eigenvalue weighted by Crippen LogP contribution is 2.40. The van der Waals surface area contributed by atoms with Crippen LogP contribution in [-0.2, 0) is 28.3 Å². The summed E-state index contributed by atoms with van der Waals surface area (Å²) in [6.07, 6.45) is 4.85. The fourth-order valence-electron chi connectivity index (χ4n) is 3.99. The van der Waals surface area contributed by atoms with Crippen LogP contribution in [0, 0.1) is 5.92 Å². The summed E-state index contributed by atoms with van der Waals surface area (Å²) in [5.41, 5.74) is -1.01. The van der Waals surface area contributed by atoms with E-state index in [1.165, 1.54) is 0 Å². The van der Waals surface area contributed by atoms with Crippen LogP contribution in [0.5, 0.6) is 0 Å². The fraction of sp³-hybridized carbons (Fsp3) is 0.542. The second kappa shape index (κ2) is 9.59. The molecule has 1 aliphatic rings. The molecule has 0 aliphatic heterocycles. The second-order valence-electron chi connectivity index (χ2n) is 8.42. The molecule has 1 saturated carbocycles. The molecule has 0 radical (unpaired) electrons. The molecule has 1 aromatic carbocycles. The Labute approximate surface area is 173 Å². The minimum absolute atomic E-state index is 0.0199. The number of ether oxygens (including phenoxy) is 1. The lowest BCUT2D eigenvalue weighted by Crippen LogP contribution is -2.45. The van der Waals surface area contributed by atoms with Gasteiger partial charge in [-0.25, -0.2) is 4.79 Å². The van der Waals surface area contributed by atoms with Gasteiger partial charge in [0.2, 0.25) is 0 Å². The Morgan fingerprint density at radius 2 is 1.79 bits per heavy atom. The van der Waals surface area contributed by atoms with Crippen LogP contribution in [0.15, 0.2) is 46.9 Å². The summed E-state index contributed by atoms with van der Waals surface area (Å²) in [7, 11) is 2.04. The molecule has 5 nitrogen and oxygen atoms in total. The molecule has 1 N–H and O–H groups in total. The van der Waals surface area contributed by atoms with E-state index in [4.69, 9.17) is 9.15 Å². The summed E-state index contributed by atoms with van der Waals surface area (Å²) in [6, 6.07) is 13.4.